The van der Waals surface area contributed by atoms with Gasteiger partial charge >= 0.3 is 6.09 Å². The molecule has 0 fully saturated rings. The first-order chi connectivity index (χ1) is 10.1. The number of halogens is 1. The van der Waals surface area contributed by atoms with Gasteiger partial charge in [-0.05, 0) is 42.5 Å². The Morgan fingerprint density at radius 2 is 1.71 bits per heavy atom. The van der Waals surface area contributed by atoms with Crippen LogP contribution in [0.3, 0.4) is 0 Å². The van der Waals surface area contributed by atoms with Gasteiger partial charge in [0.15, 0.2) is 0 Å². The van der Waals surface area contributed by atoms with Crippen molar-refractivity contribution in [2.75, 3.05) is 24.9 Å². The van der Waals surface area contributed by atoms with Crippen LogP contribution in [0, 0.1) is 0 Å². The molecular weight excluding hydrogens is 292 g/mol. The Labute approximate surface area is 127 Å². The van der Waals surface area contributed by atoms with Crippen LogP contribution in [0.5, 0.6) is 5.75 Å². The average Bonchev–Trinajstić information content (AvgIpc) is 2.49. The fraction of sp³-hybridized carbons (Fsp3) is 0.133. The van der Waals surface area contributed by atoms with Gasteiger partial charge < -0.3 is 14.8 Å². The molecule has 2 aromatic rings. The Hall–Kier alpha value is -2.40. The molecule has 0 unspecified atom stereocenters. The summed E-state index contributed by atoms with van der Waals surface area (Å²) < 4.78 is 9.80. The number of ether oxygens (including phenoxy) is 2. The molecule has 21 heavy (non-hydrogen) atoms. The number of amides is 1. The highest BCUT2D eigenvalue weighted by molar-refractivity contribution is 6.31. The number of nitrogens with one attached hydrogen (secondary N) is 2. The molecule has 110 valence electrons. The highest BCUT2D eigenvalue weighted by atomic mass is 35.5. The minimum atomic E-state index is -0.507. The maximum Gasteiger partial charge on any atom is 0.411 e. The van der Waals surface area contributed by atoms with E-state index in [4.69, 9.17) is 16.3 Å². The topological polar surface area (TPSA) is 59.6 Å². The van der Waals surface area contributed by atoms with Gasteiger partial charge in [0.25, 0.3) is 0 Å². The summed E-state index contributed by atoms with van der Waals surface area (Å²) in [6.45, 7) is 0. The fourth-order valence-corrected chi connectivity index (χ4v) is 1.91. The van der Waals surface area contributed by atoms with Gasteiger partial charge in [-0.1, -0.05) is 11.6 Å². The van der Waals surface area contributed by atoms with E-state index in [2.05, 4.69) is 15.4 Å². The summed E-state index contributed by atoms with van der Waals surface area (Å²) in [4.78, 5) is 11.1. The molecule has 6 heteroatoms. The van der Waals surface area contributed by atoms with Gasteiger partial charge in [-0.3, -0.25) is 5.32 Å². The number of hydrogen-bond donors (Lipinski definition) is 2. The largest absolute Gasteiger partial charge is 0.495 e. The first-order valence-corrected chi connectivity index (χ1v) is 6.56. The number of carbonyl (C=O) groups is 1. The Kier molecular flexibility index (Phi) is 4.90. The number of carbonyl (C=O) groups excluding carboxylic acids is 1. The van der Waals surface area contributed by atoms with Crippen molar-refractivity contribution in [2.24, 2.45) is 0 Å². The van der Waals surface area contributed by atoms with Crippen molar-refractivity contribution in [1.29, 1.82) is 0 Å². The van der Waals surface area contributed by atoms with Gasteiger partial charge in [-0.15, -0.1) is 0 Å². The number of rotatable bonds is 4. The van der Waals surface area contributed by atoms with Gasteiger partial charge in [-0.2, -0.15) is 0 Å². The van der Waals surface area contributed by atoms with Crippen LogP contribution < -0.4 is 15.4 Å². The molecular formula is C15H15ClN2O3. The van der Waals surface area contributed by atoms with Gasteiger partial charge in [-0.25, -0.2) is 4.79 Å². The van der Waals surface area contributed by atoms with Crippen LogP contribution in [-0.2, 0) is 4.74 Å². The second-order valence-electron chi connectivity index (χ2n) is 4.16. The van der Waals surface area contributed by atoms with Crippen molar-refractivity contribution in [3.05, 3.63) is 47.5 Å². The molecule has 0 spiro atoms. The van der Waals surface area contributed by atoms with Gasteiger partial charge in [0.05, 0.1) is 19.9 Å². The third-order valence-electron chi connectivity index (χ3n) is 2.76. The van der Waals surface area contributed by atoms with Crippen LogP contribution in [-0.4, -0.2) is 20.3 Å². The molecule has 0 atom stereocenters. The van der Waals surface area contributed by atoms with Crippen LogP contribution >= 0.6 is 11.6 Å². The molecule has 0 heterocycles. The Morgan fingerprint density at radius 1 is 1.05 bits per heavy atom. The number of benzene rings is 2. The molecule has 0 aliphatic heterocycles. The summed E-state index contributed by atoms with van der Waals surface area (Å²) >= 11 is 5.98. The minimum Gasteiger partial charge on any atom is -0.495 e. The number of anilines is 3. The van der Waals surface area contributed by atoms with E-state index in [0.717, 1.165) is 11.4 Å². The fourth-order valence-electron chi connectivity index (χ4n) is 1.74. The predicted molar refractivity (Wildman–Crippen MR) is 83.8 cm³/mol. The summed E-state index contributed by atoms with van der Waals surface area (Å²) in [5.41, 5.74) is 2.25. The smallest absolute Gasteiger partial charge is 0.411 e. The Balaban J connectivity index is 2.13. The zero-order valence-electron chi connectivity index (χ0n) is 11.6. The van der Waals surface area contributed by atoms with E-state index in [1.807, 2.05) is 12.1 Å². The minimum absolute atomic E-state index is 0.507. The van der Waals surface area contributed by atoms with E-state index in [1.165, 1.54) is 7.11 Å². The molecule has 0 saturated carbocycles. The lowest BCUT2D eigenvalue weighted by Crippen LogP contribution is -2.10. The maximum absolute atomic E-state index is 11.1. The third-order valence-corrected chi connectivity index (χ3v) is 2.99. The molecule has 0 aliphatic rings. The molecule has 0 radical (unpaired) electrons. The van der Waals surface area contributed by atoms with Crippen molar-refractivity contribution in [3.63, 3.8) is 0 Å². The van der Waals surface area contributed by atoms with E-state index >= 15 is 0 Å². The molecule has 0 saturated heterocycles. The molecule has 1 amide bonds. The molecule has 0 bridgehead atoms. The summed E-state index contributed by atoms with van der Waals surface area (Å²) in [5.74, 6) is 0.691. The van der Waals surface area contributed by atoms with E-state index in [1.54, 1.807) is 37.4 Å². The van der Waals surface area contributed by atoms with Crippen molar-refractivity contribution in [3.8, 4) is 5.75 Å². The third kappa shape index (κ3) is 4.03. The van der Waals surface area contributed by atoms with Gasteiger partial charge in [0, 0.05) is 16.4 Å². The van der Waals surface area contributed by atoms with Crippen molar-refractivity contribution >= 4 is 34.8 Å². The number of hydrogen-bond acceptors (Lipinski definition) is 4. The highest BCUT2D eigenvalue weighted by Crippen LogP contribution is 2.30. The molecule has 0 aromatic heterocycles. The lowest BCUT2D eigenvalue weighted by Gasteiger charge is -2.12. The zero-order chi connectivity index (χ0) is 15.2. The molecule has 0 aliphatic carbocycles. The highest BCUT2D eigenvalue weighted by Gasteiger charge is 2.05. The number of methoxy groups -OCH3 is 2. The summed E-state index contributed by atoms with van der Waals surface area (Å²) in [5, 5.41) is 6.40. The second-order valence-corrected chi connectivity index (χ2v) is 4.60. The van der Waals surface area contributed by atoms with Crippen molar-refractivity contribution in [2.45, 2.75) is 0 Å². The van der Waals surface area contributed by atoms with E-state index in [-0.39, 0.29) is 0 Å². The van der Waals surface area contributed by atoms with E-state index in [9.17, 15) is 4.79 Å². The van der Waals surface area contributed by atoms with E-state index in [0.29, 0.717) is 16.5 Å². The van der Waals surface area contributed by atoms with Crippen LogP contribution in [0.4, 0.5) is 21.9 Å². The van der Waals surface area contributed by atoms with Gasteiger partial charge in [0.1, 0.15) is 5.75 Å². The van der Waals surface area contributed by atoms with Crippen molar-refractivity contribution < 1.29 is 14.3 Å². The normalized spacial score (nSPS) is 9.86. The van der Waals surface area contributed by atoms with Crippen LogP contribution in [0.2, 0.25) is 5.02 Å². The Morgan fingerprint density at radius 3 is 2.33 bits per heavy atom. The van der Waals surface area contributed by atoms with E-state index < -0.39 is 6.09 Å². The molecule has 2 N–H and O–H groups in total. The average molecular weight is 307 g/mol. The SMILES string of the molecule is COC(=O)Nc1ccc(Nc2cc(Cl)ccc2OC)cc1. The Bertz CT molecular complexity index is 629. The monoisotopic (exact) mass is 306 g/mol. The lowest BCUT2D eigenvalue weighted by atomic mass is 10.2. The predicted octanol–water partition coefficient (Wildman–Crippen LogP) is 4.27. The second kappa shape index (κ2) is 6.85. The van der Waals surface area contributed by atoms with Crippen molar-refractivity contribution in [1.82, 2.24) is 0 Å². The molecule has 2 aromatic carbocycles. The molecule has 2 rings (SSSR count). The van der Waals surface area contributed by atoms with Crippen LogP contribution in [0.25, 0.3) is 0 Å². The summed E-state index contributed by atoms with van der Waals surface area (Å²) in [6, 6.07) is 12.5. The van der Waals surface area contributed by atoms with Gasteiger partial charge in [0.2, 0.25) is 0 Å². The first kappa shape index (κ1) is 15.0. The summed E-state index contributed by atoms with van der Waals surface area (Å²) in [6.07, 6.45) is -0.507. The van der Waals surface area contributed by atoms with Crippen LogP contribution in [0.1, 0.15) is 0 Å². The summed E-state index contributed by atoms with van der Waals surface area (Å²) in [7, 11) is 2.91. The lowest BCUT2D eigenvalue weighted by molar-refractivity contribution is 0.187. The standard InChI is InChI=1S/C15H15ClN2O3/c1-20-14-8-3-10(16)9-13(14)17-11-4-6-12(7-5-11)18-15(19)21-2/h3-9,17H,1-2H3,(H,18,19). The quantitative estimate of drug-likeness (QED) is 0.885. The maximum atomic E-state index is 11.1. The zero-order valence-corrected chi connectivity index (χ0v) is 12.4. The van der Waals surface area contributed by atoms with Crippen LogP contribution in [0.15, 0.2) is 42.5 Å². The first-order valence-electron chi connectivity index (χ1n) is 6.18. The molecule has 5 nitrogen and oxygen atoms in total.